The minimum Gasteiger partial charge on any atom is -0.408 e. The Bertz CT molecular complexity index is 197. The SMILES string of the molecule is CN(C)CC1CCN(C(N)=NO)CC1. The number of oxime groups is 1. The van der Waals surface area contributed by atoms with Gasteiger partial charge in [0, 0.05) is 19.6 Å². The van der Waals surface area contributed by atoms with Crippen molar-refractivity contribution in [3.63, 3.8) is 0 Å². The molecule has 0 aliphatic carbocycles. The van der Waals surface area contributed by atoms with Gasteiger partial charge in [-0.25, -0.2) is 0 Å². The van der Waals surface area contributed by atoms with Crippen LogP contribution in [0.4, 0.5) is 0 Å². The zero-order valence-corrected chi connectivity index (χ0v) is 8.98. The molecule has 14 heavy (non-hydrogen) atoms. The van der Waals surface area contributed by atoms with Gasteiger partial charge in [-0.15, -0.1) is 0 Å². The van der Waals surface area contributed by atoms with Crippen molar-refractivity contribution in [2.45, 2.75) is 12.8 Å². The molecule has 0 atom stereocenters. The van der Waals surface area contributed by atoms with E-state index in [1.165, 1.54) is 0 Å². The largest absolute Gasteiger partial charge is 0.408 e. The summed E-state index contributed by atoms with van der Waals surface area (Å²) in [7, 11) is 4.19. The first-order valence-electron chi connectivity index (χ1n) is 5.00. The van der Waals surface area contributed by atoms with Crippen LogP contribution in [0.2, 0.25) is 0 Å². The molecular formula is C9H20N4O. The average Bonchev–Trinajstić information content (AvgIpc) is 2.17. The van der Waals surface area contributed by atoms with Crippen molar-refractivity contribution < 1.29 is 5.21 Å². The summed E-state index contributed by atoms with van der Waals surface area (Å²) in [6.45, 7) is 2.92. The molecule has 0 radical (unpaired) electrons. The zero-order valence-electron chi connectivity index (χ0n) is 8.98. The molecule has 82 valence electrons. The van der Waals surface area contributed by atoms with Gasteiger partial charge in [-0.1, -0.05) is 5.16 Å². The highest BCUT2D eigenvalue weighted by molar-refractivity contribution is 5.77. The lowest BCUT2D eigenvalue weighted by atomic mass is 9.97. The number of nitrogens with zero attached hydrogens (tertiary/aromatic N) is 3. The summed E-state index contributed by atoms with van der Waals surface area (Å²) < 4.78 is 0. The molecule has 0 amide bonds. The van der Waals surface area contributed by atoms with E-state index in [2.05, 4.69) is 24.2 Å². The molecule has 0 spiro atoms. The Hall–Kier alpha value is -0.970. The highest BCUT2D eigenvalue weighted by Crippen LogP contribution is 2.17. The van der Waals surface area contributed by atoms with Gasteiger partial charge in [0.2, 0.25) is 5.96 Å². The number of piperidine rings is 1. The van der Waals surface area contributed by atoms with E-state index in [0.717, 1.165) is 38.4 Å². The van der Waals surface area contributed by atoms with Crippen molar-refractivity contribution in [2.24, 2.45) is 16.8 Å². The summed E-state index contributed by atoms with van der Waals surface area (Å²) in [6.07, 6.45) is 2.24. The molecule has 1 fully saturated rings. The fraction of sp³-hybridized carbons (Fsp3) is 0.889. The van der Waals surface area contributed by atoms with E-state index in [1.807, 2.05) is 4.90 Å². The van der Waals surface area contributed by atoms with Gasteiger partial charge in [-0.3, -0.25) is 0 Å². The topological polar surface area (TPSA) is 65.1 Å². The van der Waals surface area contributed by atoms with Crippen LogP contribution in [0.5, 0.6) is 0 Å². The lowest BCUT2D eigenvalue weighted by Gasteiger charge is -2.33. The van der Waals surface area contributed by atoms with E-state index < -0.39 is 0 Å². The highest BCUT2D eigenvalue weighted by Gasteiger charge is 2.20. The van der Waals surface area contributed by atoms with Crippen molar-refractivity contribution in [2.75, 3.05) is 33.7 Å². The summed E-state index contributed by atoms with van der Waals surface area (Å²) in [5, 5.41) is 11.5. The van der Waals surface area contributed by atoms with Crippen molar-refractivity contribution in [3.8, 4) is 0 Å². The Morgan fingerprint density at radius 1 is 1.50 bits per heavy atom. The lowest BCUT2D eigenvalue weighted by Crippen LogP contribution is -2.44. The van der Waals surface area contributed by atoms with Crippen molar-refractivity contribution >= 4 is 5.96 Å². The van der Waals surface area contributed by atoms with Crippen LogP contribution >= 0.6 is 0 Å². The van der Waals surface area contributed by atoms with Gasteiger partial charge < -0.3 is 20.7 Å². The monoisotopic (exact) mass is 200 g/mol. The van der Waals surface area contributed by atoms with Gasteiger partial charge in [0.05, 0.1) is 0 Å². The predicted octanol–water partition coefficient (Wildman–Crippen LogP) is -0.0361. The van der Waals surface area contributed by atoms with Gasteiger partial charge in [-0.05, 0) is 32.9 Å². The molecule has 0 saturated carbocycles. The van der Waals surface area contributed by atoms with Crippen LogP contribution in [0.25, 0.3) is 0 Å². The van der Waals surface area contributed by atoms with Crippen LogP contribution in [-0.4, -0.2) is 54.7 Å². The smallest absolute Gasteiger partial charge is 0.233 e. The fourth-order valence-corrected chi connectivity index (χ4v) is 1.92. The summed E-state index contributed by atoms with van der Waals surface area (Å²) in [5.41, 5.74) is 5.51. The molecule has 0 aromatic carbocycles. The number of rotatable bonds is 2. The van der Waals surface area contributed by atoms with E-state index >= 15 is 0 Å². The normalized spacial score (nSPS) is 20.5. The maximum Gasteiger partial charge on any atom is 0.233 e. The van der Waals surface area contributed by atoms with Crippen LogP contribution in [0.1, 0.15) is 12.8 Å². The standard InChI is InChI=1S/C9H20N4O/c1-12(2)7-8-3-5-13(6-4-8)9(10)11-14/h8,14H,3-7H2,1-2H3,(H2,10,11). The van der Waals surface area contributed by atoms with E-state index in [0.29, 0.717) is 0 Å². The molecule has 5 nitrogen and oxygen atoms in total. The van der Waals surface area contributed by atoms with Crippen LogP contribution in [0, 0.1) is 5.92 Å². The molecule has 1 saturated heterocycles. The Morgan fingerprint density at radius 2 is 2.07 bits per heavy atom. The van der Waals surface area contributed by atoms with E-state index in [4.69, 9.17) is 10.9 Å². The van der Waals surface area contributed by atoms with Crippen LogP contribution < -0.4 is 5.73 Å². The number of likely N-dealkylation sites (tertiary alicyclic amines) is 1. The van der Waals surface area contributed by atoms with Crippen molar-refractivity contribution in [1.29, 1.82) is 0 Å². The average molecular weight is 200 g/mol. The number of hydrogen-bond acceptors (Lipinski definition) is 3. The number of guanidine groups is 1. The van der Waals surface area contributed by atoms with Gasteiger partial charge >= 0.3 is 0 Å². The Labute approximate surface area is 85.2 Å². The third-order valence-electron chi connectivity index (χ3n) is 2.66. The van der Waals surface area contributed by atoms with Gasteiger partial charge in [0.25, 0.3) is 0 Å². The minimum absolute atomic E-state index is 0.244. The first kappa shape index (κ1) is 11.1. The maximum absolute atomic E-state index is 8.51. The first-order chi connectivity index (χ1) is 6.63. The molecule has 0 bridgehead atoms. The summed E-state index contributed by atoms with van der Waals surface area (Å²) in [5.74, 6) is 0.987. The lowest BCUT2D eigenvalue weighted by molar-refractivity contribution is 0.210. The molecule has 0 aromatic heterocycles. The second-order valence-electron chi connectivity index (χ2n) is 4.15. The Kier molecular flexibility index (Phi) is 4.00. The summed E-state index contributed by atoms with van der Waals surface area (Å²) >= 11 is 0. The molecule has 1 heterocycles. The van der Waals surface area contributed by atoms with E-state index in [9.17, 15) is 0 Å². The number of hydrogen-bond donors (Lipinski definition) is 2. The van der Waals surface area contributed by atoms with Crippen LogP contribution in [0.15, 0.2) is 5.16 Å². The van der Waals surface area contributed by atoms with Crippen molar-refractivity contribution in [3.05, 3.63) is 0 Å². The predicted molar refractivity (Wildman–Crippen MR) is 56.3 cm³/mol. The van der Waals surface area contributed by atoms with Gasteiger partial charge in [0.15, 0.2) is 0 Å². The second kappa shape index (κ2) is 5.05. The maximum atomic E-state index is 8.51. The summed E-state index contributed by atoms with van der Waals surface area (Å²) in [4.78, 5) is 4.13. The highest BCUT2D eigenvalue weighted by atomic mass is 16.4. The molecule has 0 unspecified atom stereocenters. The van der Waals surface area contributed by atoms with Gasteiger partial charge in [0.1, 0.15) is 0 Å². The zero-order chi connectivity index (χ0) is 10.6. The molecule has 3 N–H and O–H groups in total. The Morgan fingerprint density at radius 3 is 2.50 bits per heavy atom. The molecule has 5 heteroatoms. The molecular weight excluding hydrogens is 180 g/mol. The minimum atomic E-state index is 0.244. The van der Waals surface area contributed by atoms with Crippen LogP contribution in [-0.2, 0) is 0 Å². The van der Waals surface area contributed by atoms with E-state index in [-0.39, 0.29) is 5.96 Å². The third-order valence-corrected chi connectivity index (χ3v) is 2.66. The summed E-state index contributed by atoms with van der Waals surface area (Å²) in [6, 6.07) is 0. The quantitative estimate of drug-likeness (QED) is 0.284. The first-order valence-corrected chi connectivity index (χ1v) is 5.00. The third kappa shape index (κ3) is 3.06. The molecule has 1 rings (SSSR count). The molecule has 1 aliphatic rings. The van der Waals surface area contributed by atoms with Crippen LogP contribution in [0.3, 0.4) is 0 Å². The molecule has 1 aliphatic heterocycles. The Balaban J connectivity index is 2.31. The second-order valence-corrected chi connectivity index (χ2v) is 4.15. The molecule has 0 aromatic rings. The van der Waals surface area contributed by atoms with E-state index in [1.54, 1.807) is 0 Å². The van der Waals surface area contributed by atoms with Gasteiger partial charge in [-0.2, -0.15) is 0 Å². The van der Waals surface area contributed by atoms with Crippen molar-refractivity contribution in [1.82, 2.24) is 9.80 Å². The number of nitrogens with two attached hydrogens (primary N) is 1. The fourth-order valence-electron chi connectivity index (χ4n) is 1.92.